The molecule has 288 valence electrons. The van der Waals surface area contributed by atoms with Crippen LogP contribution >= 0.6 is 0 Å². The smallest absolute Gasteiger partial charge is 0.322 e. The van der Waals surface area contributed by atoms with Gasteiger partial charge in [-0.25, -0.2) is 15.2 Å². The summed E-state index contributed by atoms with van der Waals surface area (Å²) in [5, 5.41) is 31.7. The van der Waals surface area contributed by atoms with Gasteiger partial charge in [-0.15, -0.1) is 0 Å². The molecule has 0 spiro atoms. The Morgan fingerprint density at radius 3 is 0.980 bits per heavy atom. The van der Waals surface area contributed by atoms with Crippen LogP contribution in [0.5, 0.6) is 0 Å². The number of amides is 3. The van der Waals surface area contributed by atoms with Gasteiger partial charge in [-0.05, 0) is 59.3 Å². The summed E-state index contributed by atoms with van der Waals surface area (Å²) in [6.07, 6.45) is 4.99. The molecule has 0 aliphatic carbocycles. The Morgan fingerprint density at radius 2 is 0.745 bits per heavy atom. The fourth-order valence-corrected chi connectivity index (χ4v) is 4.40. The predicted molar refractivity (Wildman–Crippen MR) is 180 cm³/mol. The molecule has 0 saturated heterocycles. The summed E-state index contributed by atoms with van der Waals surface area (Å²) >= 11 is 0. The SMILES string of the molecule is CC1=CC(=O)N(O)CCCC(N)C(=O)OCCC(C)=CC(=O)N(O)CCCC(N)C(=O)OCCC(C)=CC(=O)N(O)CCCC(N)C(=O)OCC1. The third kappa shape index (κ3) is 19.1. The summed E-state index contributed by atoms with van der Waals surface area (Å²) in [6, 6.07) is -3.05. The summed E-state index contributed by atoms with van der Waals surface area (Å²) in [5.41, 5.74) is 19.2. The summed E-state index contributed by atoms with van der Waals surface area (Å²) in [5.74, 6) is -4.24. The minimum absolute atomic E-state index is 0.0774. The third-order valence-electron chi connectivity index (χ3n) is 7.66. The summed E-state index contributed by atoms with van der Waals surface area (Å²) in [6.45, 7) is 4.26. The molecule has 0 aromatic carbocycles. The minimum Gasteiger partial charge on any atom is -0.464 e. The van der Waals surface area contributed by atoms with Crippen molar-refractivity contribution in [3.8, 4) is 0 Å². The lowest BCUT2D eigenvalue weighted by Gasteiger charge is -2.17. The molecule has 1 aliphatic heterocycles. The van der Waals surface area contributed by atoms with Gasteiger partial charge in [0.2, 0.25) is 0 Å². The first-order valence-electron chi connectivity index (χ1n) is 16.8. The number of ether oxygens (including phenoxy) is 3. The van der Waals surface area contributed by atoms with Crippen molar-refractivity contribution < 1.29 is 58.6 Å². The number of hydrogen-bond acceptors (Lipinski definition) is 15. The second-order valence-electron chi connectivity index (χ2n) is 12.4. The van der Waals surface area contributed by atoms with Crippen LogP contribution in [-0.4, -0.2) is 124 Å². The molecule has 3 amide bonds. The maximum absolute atomic E-state index is 12.3. The van der Waals surface area contributed by atoms with Crippen molar-refractivity contribution in [3.05, 3.63) is 34.9 Å². The van der Waals surface area contributed by atoms with Crippen molar-refractivity contribution in [2.45, 2.75) is 96.7 Å². The van der Waals surface area contributed by atoms with Crippen LogP contribution in [0.4, 0.5) is 0 Å². The van der Waals surface area contributed by atoms with E-state index in [0.717, 1.165) is 0 Å². The Hall–Kier alpha value is -4.20. The van der Waals surface area contributed by atoms with E-state index in [2.05, 4.69) is 0 Å². The molecule has 9 N–H and O–H groups in total. The number of hydroxylamine groups is 6. The fourth-order valence-electron chi connectivity index (χ4n) is 4.40. The first-order valence-corrected chi connectivity index (χ1v) is 16.8. The van der Waals surface area contributed by atoms with E-state index in [1.165, 1.54) is 18.2 Å². The van der Waals surface area contributed by atoms with E-state index in [4.69, 9.17) is 31.4 Å². The monoisotopic (exact) mass is 726 g/mol. The number of cyclic esters (lactones) is 3. The van der Waals surface area contributed by atoms with Gasteiger partial charge in [0, 0.05) is 57.1 Å². The van der Waals surface area contributed by atoms with E-state index in [1.807, 2.05) is 0 Å². The van der Waals surface area contributed by atoms with Gasteiger partial charge in [-0.2, -0.15) is 0 Å². The van der Waals surface area contributed by atoms with E-state index in [9.17, 15) is 44.4 Å². The van der Waals surface area contributed by atoms with E-state index < -0.39 is 53.8 Å². The maximum Gasteiger partial charge on any atom is 0.322 e. The Kier molecular flexibility index (Phi) is 21.2. The average molecular weight is 727 g/mol. The van der Waals surface area contributed by atoms with Crippen LogP contribution in [0.25, 0.3) is 0 Å². The molecule has 18 heteroatoms. The van der Waals surface area contributed by atoms with Gasteiger partial charge >= 0.3 is 17.9 Å². The van der Waals surface area contributed by atoms with Crippen molar-refractivity contribution in [1.82, 2.24) is 15.2 Å². The molecule has 1 rings (SSSR count). The highest BCUT2D eigenvalue weighted by atomic mass is 16.5. The normalized spacial score (nSPS) is 24.5. The Morgan fingerprint density at radius 1 is 0.510 bits per heavy atom. The number of carbonyl (C=O) groups excluding carboxylic acids is 6. The molecule has 0 fully saturated rings. The highest BCUT2D eigenvalue weighted by Crippen LogP contribution is 2.09. The molecule has 0 bridgehead atoms. The molecule has 1 aliphatic rings. The van der Waals surface area contributed by atoms with Crippen molar-refractivity contribution in [2.24, 2.45) is 17.2 Å². The van der Waals surface area contributed by atoms with Crippen LogP contribution in [0, 0.1) is 0 Å². The summed E-state index contributed by atoms with van der Waals surface area (Å²) < 4.78 is 15.5. The van der Waals surface area contributed by atoms with Crippen LogP contribution in [0.15, 0.2) is 34.9 Å². The highest BCUT2D eigenvalue weighted by molar-refractivity contribution is 5.88. The van der Waals surface area contributed by atoms with Gasteiger partial charge in [0.1, 0.15) is 18.1 Å². The molecule has 0 radical (unpaired) electrons. The van der Waals surface area contributed by atoms with Crippen LogP contribution in [-0.2, 0) is 43.0 Å². The van der Waals surface area contributed by atoms with E-state index in [0.29, 0.717) is 31.9 Å². The lowest BCUT2D eigenvalue weighted by molar-refractivity contribution is -0.160. The van der Waals surface area contributed by atoms with E-state index in [-0.39, 0.29) is 97.2 Å². The van der Waals surface area contributed by atoms with Gasteiger partial charge < -0.3 is 31.4 Å². The molecule has 3 atom stereocenters. The van der Waals surface area contributed by atoms with Crippen LogP contribution in [0.1, 0.15) is 78.6 Å². The van der Waals surface area contributed by atoms with E-state index in [1.54, 1.807) is 20.8 Å². The number of nitrogens with zero attached hydrogens (tertiary/aromatic N) is 3. The molecule has 1 heterocycles. The number of hydrogen-bond donors (Lipinski definition) is 6. The van der Waals surface area contributed by atoms with Gasteiger partial charge in [-0.3, -0.25) is 44.4 Å². The minimum atomic E-state index is -1.02. The van der Waals surface area contributed by atoms with Gasteiger partial charge in [-0.1, -0.05) is 16.7 Å². The first kappa shape index (κ1) is 44.8. The molecule has 51 heavy (non-hydrogen) atoms. The van der Waals surface area contributed by atoms with Crippen molar-refractivity contribution in [1.29, 1.82) is 0 Å². The standard InChI is InChI=1S/C33H54N6O12/c1-22-10-16-49-31(43)25(34)8-5-14-38(47)29(41)20-24(3)12-18-51-33(45)27(36)9-6-15-39(48)30(42)21-23(2)11-17-50-32(44)26(35)7-4-13-37(46)28(40)19-22/h19-21,25-27,46-48H,4-18,34-36H2,1-3H3. The Labute approximate surface area is 297 Å². The quantitative estimate of drug-likeness (QED) is 0.113. The lowest BCUT2D eigenvalue weighted by atomic mass is 10.1. The number of carbonyl (C=O) groups is 6. The van der Waals surface area contributed by atoms with Gasteiger partial charge in [0.05, 0.1) is 19.8 Å². The van der Waals surface area contributed by atoms with E-state index >= 15 is 0 Å². The zero-order valence-corrected chi connectivity index (χ0v) is 29.7. The van der Waals surface area contributed by atoms with Crippen LogP contribution in [0.2, 0.25) is 0 Å². The largest absolute Gasteiger partial charge is 0.464 e. The first-order chi connectivity index (χ1) is 24.0. The van der Waals surface area contributed by atoms with Gasteiger partial charge in [0.15, 0.2) is 0 Å². The molecule has 3 unspecified atom stereocenters. The summed E-state index contributed by atoms with van der Waals surface area (Å²) in [4.78, 5) is 73.7. The topological polar surface area (TPSA) is 279 Å². The number of esters is 3. The maximum atomic E-state index is 12.3. The molecular formula is C33H54N6O12. The molecule has 18 nitrogen and oxygen atoms in total. The lowest BCUT2D eigenvalue weighted by Crippen LogP contribution is -2.35. The van der Waals surface area contributed by atoms with Crippen molar-refractivity contribution >= 4 is 35.6 Å². The molecule has 0 aromatic heterocycles. The Bertz CT molecular complexity index is 1130. The van der Waals surface area contributed by atoms with Crippen LogP contribution < -0.4 is 17.2 Å². The second-order valence-corrected chi connectivity index (χ2v) is 12.4. The van der Waals surface area contributed by atoms with Crippen molar-refractivity contribution in [3.63, 3.8) is 0 Å². The third-order valence-corrected chi connectivity index (χ3v) is 7.66. The number of nitrogens with two attached hydrogens (primary N) is 3. The molecule has 0 aromatic rings. The Balaban J connectivity index is 2.85. The number of rotatable bonds is 0. The zero-order valence-electron chi connectivity index (χ0n) is 29.7. The zero-order chi connectivity index (χ0) is 38.5. The van der Waals surface area contributed by atoms with Gasteiger partial charge in [0.25, 0.3) is 17.7 Å². The average Bonchev–Trinajstić information content (AvgIpc) is 3.06. The fraction of sp³-hybridized carbons (Fsp3) is 0.636. The molecule has 0 saturated carbocycles. The van der Waals surface area contributed by atoms with Crippen LogP contribution in [0.3, 0.4) is 0 Å². The van der Waals surface area contributed by atoms with Crippen molar-refractivity contribution in [2.75, 3.05) is 39.5 Å². The second kappa shape index (κ2) is 24.1. The predicted octanol–water partition coefficient (Wildman–Crippen LogP) is 0.615. The molecular weight excluding hydrogens is 672 g/mol. The highest BCUT2D eigenvalue weighted by Gasteiger charge is 2.20. The summed E-state index contributed by atoms with van der Waals surface area (Å²) in [7, 11) is 0.